The Labute approximate surface area is 85.4 Å². The van der Waals surface area contributed by atoms with Crippen molar-refractivity contribution in [3.8, 4) is 0 Å². The molecular formula is C11H19NS. The Kier molecular flexibility index (Phi) is 4.46. The summed E-state index contributed by atoms with van der Waals surface area (Å²) in [4.78, 5) is 5.45. The van der Waals surface area contributed by atoms with E-state index in [1.54, 1.807) is 0 Å². The van der Waals surface area contributed by atoms with Crippen LogP contribution in [0.4, 0.5) is 0 Å². The van der Waals surface area contributed by atoms with Gasteiger partial charge in [-0.3, -0.25) is 4.90 Å². The zero-order valence-corrected chi connectivity index (χ0v) is 9.66. The van der Waals surface area contributed by atoms with Crippen LogP contribution in [-0.2, 0) is 13.0 Å². The van der Waals surface area contributed by atoms with E-state index in [4.69, 9.17) is 0 Å². The van der Waals surface area contributed by atoms with Crippen LogP contribution in [0.25, 0.3) is 0 Å². The minimum atomic E-state index is 1.12. The molecule has 1 aromatic rings. The number of hydrogen-bond acceptors (Lipinski definition) is 2. The first-order chi connectivity index (χ1) is 6.30. The van der Waals surface area contributed by atoms with Gasteiger partial charge in [0.25, 0.3) is 0 Å². The molecule has 0 fully saturated rings. The molecule has 1 heterocycles. The molecule has 74 valence electrons. The first-order valence-electron chi connectivity index (χ1n) is 5.10. The van der Waals surface area contributed by atoms with Gasteiger partial charge in [0.15, 0.2) is 0 Å². The van der Waals surface area contributed by atoms with E-state index in [1.165, 1.54) is 16.2 Å². The molecule has 0 saturated carbocycles. The summed E-state index contributed by atoms with van der Waals surface area (Å²) in [6.07, 6.45) is 1.17. The Morgan fingerprint density at radius 3 is 2.15 bits per heavy atom. The van der Waals surface area contributed by atoms with Crippen molar-refractivity contribution in [2.24, 2.45) is 0 Å². The van der Waals surface area contributed by atoms with Crippen LogP contribution in [0.15, 0.2) is 12.1 Å². The Hall–Kier alpha value is -0.340. The maximum atomic E-state index is 2.45. The largest absolute Gasteiger partial charge is 0.299 e. The highest BCUT2D eigenvalue weighted by molar-refractivity contribution is 7.11. The van der Waals surface area contributed by atoms with Gasteiger partial charge in [-0.25, -0.2) is 0 Å². The van der Waals surface area contributed by atoms with Gasteiger partial charge >= 0.3 is 0 Å². The molecule has 0 atom stereocenters. The van der Waals surface area contributed by atoms with Crippen LogP contribution in [0, 0.1) is 0 Å². The summed E-state index contributed by atoms with van der Waals surface area (Å²) >= 11 is 1.95. The molecule has 0 unspecified atom stereocenters. The fourth-order valence-corrected chi connectivity index (χ4v) is 2.37. The molecule has 0 spiro atoms. The van der Waals surface area contributed by atoms with Crippen LogP contribution in [0.3, 0.4) is 0 Å². The lowest BCUT2D eigenvalue weighted by molar-refractivity contribution is 0.298. The average Bonchev–Trinajstić information content (AvgIpc) is 2.61. The predicted octanol–water partition coefficient (Wildman–Crippen LogP) is 3.15. The van der Waals surface area contributed by atoms with Crippen molar-refractivity contribution in [3.63, 3.8) is 0 Å². The molecule has 0 aromatic carbocycles. The van der Waals surface area contributed by atoms with E-state index in [0.717, 1.165) is 19.6 Å². The maximum Gasteiger partial charge on any atom is 0.0327 e. The smallest absolute Gasteiger partial charge is 0.0327 e. The number of rotatable bonds is 5. The Morgan fingerprint density at radius 2 is 1.69 bits per heavy atom. The maximum absolute atomic E-state index is 2.45. The zero-order valence-electron chi connectivity index (χ0n) is 8.84. The summed E-state index contributed by atoms with van der Waals surface area (Å²) < 4.78 is 0. The molecule has 0 bridgehead atoms. The van der Waals surface area contributed by atoms with E-state index in [0.29, 0.717) is 0 Å². The topological polar surface area (TPSA) is 3.24 Å². The number of thiophene rings is 1. The molecule has 1 aromatic heterocycles. The third-order valence-corrected chi connectivity index (χ3v) is 3.55. The minimum Gasteiger partial charge on any atom is -0.299 e. The summed E-state index contributed by atoms with van der Waals surface area (Å²) in [5, 5.41) is 0. The van der Waals surface area contributed by atoms with Crippen molar-refractivity contribution in [1.82, 2.24) is 4.90 Å². The molecule has 1 nitrogen and oxygen atoms in total. The Morgan fingerprint density at radius 1 is 1.08 bits per heavy atom. The highest BCUT2D eigenvalue weighted by atomic mass is 32.1. The fraction of sp³-hybridized carbons (Fsp3) is 0.636. The predicted molar refractivity (Wildman–Crippen MR) is 60.3 cm³/mol. The second-order valence-corrected chi connectivity index (χ2v) is 4.44. The van der Waals surface area contributed by atoms with Crippen LogP contribution in [0.2, 0.25) is 0 Å². The van der Waals surface area contributed by atoms with E-state index in [1.807, 2.05) is 11.3 Å². The molecule has 0 N–H and O–H groups in total. The Balaban J connectivity index is 2.52. The molecule has 0 saturated heterocycles. The molecule has 0 aliphatic heterocycles. The lowest BCUT2D eigenvalue weighted by Crippen LogP contribution is -2.21. The van der Waals surface area contributed by atoms with Crippen molar-refractivity contribution in [1.29, 1.82) is 0 Å². The van der Waals surface area contributed by atoms with Gasteiger partial charge in [-0.2, -0.15) is 0 Å². The van der Waals surface area contributed by atoms with Gasteiger partial charge in [0, 0.05) is 16.3 Å². The van der Waals surface area contributed by atoms with E-state index >= 15 is 0 Å². The lowest BCUT2D eigenvalue weighted by Gasteiger charge is -2.16. The van der Waals surface area contributed by atoms with Crippen LogP contribution in [-0.4, -0.2) is 18.0 Å². The third kappa shape index (κ3) is 3.12. The quantitative estimate of drug-likeness (QED) is 0.701. The summed E-state index contributed by atoms with van der Waals surface area (Å²) in [5.74, 6) is 0. The van der Waals surface area contributed by atoms with Gasteiger partial charge in [0.2, 0.25) is 0 Å². The average molecular weight is 197 g/mol. The summed E-state index contributed by atoms with van der Waals surface area (Å²) in [6, 6.07) is 4.52. The second-order valence-electron chi connectivity index (χ2n) is 3.18. The van der Waals surface area contributed by atoms with Crippen LogP contribution >= 0.6 is 11.3 Å². The summed E-state index contributed by atoms with van der Waals surface area (Å²) in [7, 11) is 0. The van der Waals surface area contributed by atoms with Gasteiger partial charge in [-0.1, -0.05) is 20.8 Å². The highest BCUT2D eigenvalue weighted by Gasteiger charge is 2.03. The van der Waals surface area contributed by atoms with Gasteiger partial charge in [0.05, 0.1) is 0 Å². The molecule has 0 amide bonds. The van der Waals surface area contributed by atoms with Crippen LogP contribution < -0.4 is 0 Å². The Bertz CT molecular complexity index is 238. The van der Waals surface area contributed by atoms with Crippen molar-refractivity contribution < 1.29 is 0 Å². The minimum absolute atomic E-state index is 1.12. The summed E-state index contributed by atoms with van der Waals surface area (Å²) in [5.41, 5.74) is 0. The van der Waals surface area contributed by atoms with Gasteiger partial charge in [-0.05, 0) is 31.6 Å². The summed E-state index contributed by atoms with van der Waals surface area (Å²) in [6.45, 7) is 10.1. The standard InChI is InChI=1S/C11H19NS/c1-4-10-7-8-11(13-10)9-12(5-2)6-3/h7-8H,4-6,9H2,1-3H3. The number of hydrogen-bond donors (Lipinski definition) is 0. The van der Waals surface area contributed by atoms with Crippen molar-refractivity contribution in [2.75, 3.05) is 13.1 Å². The number of nitrogens with zero attached hydrogens (tertiary/aromatic N) is 1. The second kappa shape index (κ2) is 5.40. The van der Waals surface area contributed by atoms with Gasteiger partial charge in [-0.15, -0.1) is 11.3 Å². The lowest BCUT2D eigenvalue weighted by atomic mass is 10.3. The first kappa shape index (κ1) is 10.7. The molecular weight excluding hydrogens is 178 g/mol. The van der Waals surface area contributed by atoms with Crippen molar-refractivity contribution in [3.05, 3.63) is 21.9 Å². The molecule has 0 radical (unpaired) electrons. The third-order valence-electron chi connectivity index (χ3n) is 2.34. The van der Waals surface area contributed by atoms with Crippen molar-refractivity contribution in [2.45, 2.75) is 33.7 Å². The number of aryl methyl sites for hydroxylation is 1. The molecule has 2 heteroatoms. The van der Waals surface area contributed by atoms with E-state index in [-0.39, 0.29) is 0 Å². The zero-order chi connectivity index (χ0) is 9.68. The molecule has 13 heavy (non-hydrogen) atoms. The van der Waals surface area contributed by atoms with E-state index in [9.17, 15) is 0 Å². The van der Waals surface area contributed by atoms with E-state index in [2.05, 4.69) is 37.8 Å². The van der Waals surface area contributed by atoms with E-state index < -0.39 is 0 Å². The molecule has 0 aliphatic carbocycles. The normalized spacial score (nSPS) is 11.1. The van der Waals surface area contributed by atoms with Crippen molar-refractivity contribution >= 4 is 11.3 Å². The monoisotopic (exact) mass is 197 g/mol. The van der Waals surface area contributed by atoms with Gasteiger partial charge in [0.1, 0.15) is 0 Å². The molecule has 0 aliphatic rings. The fourth-order valence-electron chi connectivity index (χ4n) is 1.36. The highest BCUT2D eigenvalue weighted by Crippen LogP contribution is 2.18. The van der Waals surface area contributed by atoms with Crippen LogP contribution in [0.1, 0.15) is 30.5 Å². The first-order valence-corrected chi connectivity index (χ1v) is 5.91. The molecule has 1 rings (SSSR count). The van der Waals surface area contributed by atoms with Gasteiger partial charge < -0.3 is 0 Å². The SMILES string of the molecule is CCc1ccc(CN(CC)CC)s1. The van der Waals surface area contributed by atoms with Crippen LogP contribution in [0.5, 0.6) is 0 Å².